The Morgan fingerprint density at radius 2 is 2.21 bits per heavy atom. The van der Waals surface area contributed by atoms with Gasteiger partial charge in [-0.2, -0.15) is 0 Å². The van der Waals surface area contributed by atoms with E-state index in [1.165, 1.54) is 0 Å². The summed E-state index contributed by atoms with van der Waals surface area (Å²) >= 11 is 1.82. The van der Waals surface area contributed by atoms with E-state index in [-0.39, 0.29) is 21.4 Å². The van der Waals surface area contributed by atoms with E-state index in [0.29, 0.717) is 16.1 Å². The number of nitro groups is 1. The SMILES string of the molecule is O=C(CSc1nc2ccccc2c(=O)[nH]1)Nc1ncc([N+](=O)[O-])s1. The van der Waals surface area contributed by atoms with Crippen LogP contribution in [0.25, 0.3) is 10.9 Å². The Morgan fingerprint density at radius 3 is 2.96 bits per heavy atom. The van der Waals surface area contributed by atoms with Crippen LogP contribution in [-0.2, 0) is 4.79 Å². The van der Waals surface area contributed by atoms with Crippen LogP contribution in [0.15, 0.2) is 40.4 Å². The summed E-state index contributed by atoms with van der Waals surface area (Å²) in [6, 6.07) is 6.89. The summed E-state index contributed by atoms with van der Waals surface area (Å²) in [7, 11) is 0. The molecule has 3 aromatic rings. The molecular weight excluding hydrogens is 354 g/mol. The highest BCUT2D eigenvalue weighted by Gasteiger charge is 2.14. The van der Waals surface area contributed by atoms with Gasteiger partial charge in [0.05, 0.1) is 21.6 Å². The maximum absolute atomic E-state index is 11.9. The van der Waals surface area contributed by atoms with E-state index in [0.717, 1.165) is 29.3 Å². The lowest BCUT2D eigenvalue weighted by Crippen LogP contribution is -2.15. The Labute approximate surface area is 142 Å². The predicted molar refractivity (Wildman–Crippen MR) is 90.5 cm³/mol. The van der Waals surface area contributed by atoms with Gasteiger partial charge in [-0.15, -0.1) is 0 Å². The minimum atomic E-state index is -0.578. The number of H-pyrrole nitrogens is 1. The third kappa shape index (κ3) is 3.58. The van der Waals surface area contributed by atoms with Gasteiger partial charge >= 0.3 is 5.00 Å². The second-order valence-electron chi connectivity index (χ2n) is 4.49. The average molecular weight is 363 g/mol. The Morgan fingerprint density at radius 1 is 1.42 bits per heavy atom. The molecule has 0 aliphatic carbocycles. The molecule has 122 valence electrons. The smallest absolute Gasteiger partial charge is 0.301 e. The number of hydrogen-bond acceptors (Lipinski definition) is 8. The Balaban J connectivity index is 1.65. The quantitative estimate of drug-likeness (QED) is 0.307. The Kier molecular flexibility index (Phi) is 4.53. The molecule has 0 unspecified atom stereocenters. The Hall–Kier alpha value is -2.79. The molecule has 2 aromatic heterocycles. The molecule has 0 saturated heterocycles. The lowest BCUT2D eigenvalue weighted by molar-refractivity contribution is -0.380. The van der Waals surface area contributed by atoms with E-state index in [1.54, 1.807) is 24.3 Å². The number of anilines is 1. The van der Waals surface area contributed by atoms with Crippen LogP contribution in [0, 0.1) is 10.1 Å². The fourth-order valence-electron chi connectivity index (χ4n) is 1.83. The highest BCUT2D eigenvalue weighted by atomic mass is 32.2. The van der Waals surface area contributed by atoms with Gasteiger partial charge in [-0.05, 0) is 23.5 Å². The topological polar surface area (TPSA) is 131 Å². The molecule has 0 atom stereocenters. The number of carbonyl (C=O) groups is 1. The van der Waals surface area contributed by atoms with Gasteiger partial charge in [0.15, 0.2) is 10.3 Å². The zero-order chi connectivity index (χ0) is 17.1. The van der Waals surface area contributed by atoms with Crippen LogP contribution in [-0.4, -0.2) is 31.5 Å². The first-order chi connectivity index (χ1) is 11.5. The number of benzene rings is 1. The van der Waals surface area contributed by atoms with Gasteiger partial charge in [0, 0.05) is 0 Å². The van der Waals surface area contributed by atoms with Crippen LogP contribution in [0.1, 0.15) is 0 Å². The second kappa shape index (κ2) is 6.76. The summed E-state index contributed by atoms with van der Waals surface area (Å²) in [5, 5.41) is 13.8. The third-order valence-corrected chi connectivity index (χ3v) is 4.59. The molecule has 0 aliphatic heterocycles. The van der Waals surface area contributed by atoms with E-state index < -0.39 is 10.8 Å². The van der Waals surface area contributed by atoms with Crippen LogP contribution in [0.5, 0.6) is 0 Å². The first kappa shape index (κ1) is 16.1. The predicted octanol–water partition coefficient (Wildman–Crippen LogP) is 2.02. The molecule has 1 aromatic carbocycles. The highest BCUT2D eigenvalue weighted by Crippen LogP contribution is 2.25. The summed E-state index contributed by atoms with van der Waals surface area (Å²) in [5.74, 6) is -0.422. The van der Waals surface area contributed by atoms with E-state index in [1.807, 2.05) is 0 Å². The van der Waals surface area contributed by atoms with Crippen LogP contribution in [0.4, 0.5) is 10.1 Å². The van der Waals surface area contributed by atoms with Gasteiger partial charge in [0.1, 0.15) is 6.20 Å². The van der Waals surface area contributed by atoms with Gasteiger partial charge in [-0.1, -0.05) is 23.9 Å². The van der Waals surface area contributed by atoms with Gasteiger partial charge < -0.3 is 10.3 Å². The lowest BCUT2D eigenvalue weighted by atomic mass is 10.2. The number of aromatic nitrogens is 3. The molecule has 0 radical (unpaired) electrons. The number of para-hydroxylation sites is 1. The van der Waals surface area contributed by atoms with Crippen LogP contribution < -0.4 is 10.9 Å². The fraction of sp³-hybridized carbons (Fsp3) is 0.0769. The summed E-state index contributed by atoms with van der Waals surface area (Å²) in [5.41, 5.74) is 0.263. The van der Waals surface area contributed by atoms with E-state index in [4.69, 9.17) is 0 Å². The van der Waals surface area contributed by atoms with Crippen molar-refractivity contribution in [2.75, 3.05) is 11.1 Å². The normalized spacial score (nSPS) is 10.7. The number of nitrogens with zero attached hydrogens (tertiary/aromatic N) is 3. The number of aromatic amines is 1. The van der Waals surface area contributed by atoms with Crippen molar-refractivity contribution >= 4 is 50.0 Å². The van der Waals surface area contributed by atoms with Crippen LogP contribution >= 0.6 is 23.1 Å². The monoisotopic (exact) mass is 363 g/mol. The first-order valence-electron chi connectivity index (χ1n) is 6.55. The molecule has 2 N–H and O–H groups in total. The summed E-state index contributed by atoms with van der Waals surface area (Å²) in [6.45, 7) is 0. The molecule has 0 aliphatic rings. The largest absolute Gasteiger partial charge is 0.345 e. The van der Waals surface area contributed by atoms with Crippen molar-refractivity contribution in [1.29, 1.82) is 0 Å². The van der Waals surface area contributed by atoms with E-state index in [9.17, 15) is 19.7 Å². The molecule has 3 rings (SSSR count). The average Bonchev–Trinajstić information content (AvgIpc) is 3.02. The number of rotatable bonds is 5. The van der Waals surface area contributed by atoms with E-state index >= 15 is 0 Å². The van der Waals surface area contributed by atoms with Crippen molar-refractivity contribution < 1.29 is 9.72 Å². The van der Waals surface area contributed by atoms with Crippen LogP contribution in [0.2, 0.25) is 0 Å². The molecule has 11 heteroatoms. The zero-order valence-corrected chi connectivity index (χ0v) is 13.5. The number of nitrogens with one attached hydrogen (secondary N) is 2. The number of carbonyl (C=O) groups excluding carboxylic acids is 1. The van der Waals surface area contributed by atoms with Crippen molar-refractivity contribution in [2.24, 2.45) is 0 Å². The van der Waals surface area contributed by atoms with Crippen molar-refractivity contribution in [2.45, 2.75) is 5.16 Å². The molecule has 24 heavy (non-hydrogen) atoms. The second-order valence-corrected chi connectivity index (χ2v) is 6.46. The highest BCUT2D eigenvalue weighted by molar-refractivity contribution is 7.99. The van der Waals surface area contributed by atoms with Crippen molar-refractivity contribution in [1.82, 2.24) is 15.0 Å². The molecule has 0 fully saturated rings. The molecular formula is C13H9N5O4S2. The van der Waals surface area contributed by atoms with Gasteiger partial charge in [0.2, 0.25) is 5.91 Å². The molecule has 9 nitrogen and oxygen atoms in total. The van der Waals surface area contributed by atoms with Crippen molar-refractivity contribution in [3.8, 4) is 0 Å². The summed E-state index contributed by atoms with van der Waals surface area (Å²) in [4.78, 5) is 44.4. The fourth-order valence-corrected chi connectivity index (χ4v) is 3.15. The summed E-state index contributed by atoms with van der Waals surface area (Å²) < 4.78 is 0. The van der Waals surface area contributed by atoms with E-state index in [2.05, 4.69) is 20.3 Å². The molecule has 1 amide bonds. The minimum Gasteiger partial charge on any atom is -0.301 e. The van der Waals surface area contributed by atoms with Crippen molar-refractivity contribution in [3.05, 3.63) is 50.9 Å². The Bertz CT molecular complexity index is 984. The minimum absolute atomic E-state index is 0.0192. The zero-order valence-electron chi connectivity index (χ0n) is 11.9. The molecule has 2 heterocycles. The number of fused-ring (bicyclic) bond motifs is 1. The number of thiazole rings is 1. The lowest BCUT2D eigenvalue weighted by Gasteiger charge is -2.03. The van der Waals surface area contributed by atoms with Gasteiger partial charge in [0.25, 0.3) is 5.56 Å². The van der Waals surface area contributed by atoms with Crippen molar-refractivity contribution in [3.63, 3.8) is 0 Å². The standard InChI is InChI=1S/C13H9N5O4S2/c19-9(16-12-14-5-10(24-12)18(21)22)6-23-13-15-8-4-2-1-3-7(8)11(20)17-13/h1-5H,6H2,(H,14,16,19)(H,15,17,20). The summed E-state index contributed by atoms with van der Waals surface area (Å²) in [6.07, 6.45) is 1.08. The molecule has 0 bridgehead atoms. The first-order valence-corrected chi connectivity index (χ1v) is 8.35. The van der Waals surface area contributed by atoms with Crippen LogP contribution in [0.3, 0.4) is 0 Å². The maximum atomic E-state index is 11.9. The number of thioether (sulfide) groups is 1. The number of hydrogen-bond donors (Lipinski definition) is 2. The van der Waals surface area contributed by atoms with Gasteiger partial charge in [-0.25, -0.2) is 9.97 Å². The maximum Gasteiger partial charge on any atom is 0.345 e. The molecule has 0 spiro atoms. The van der Waals surface area contributed by atoms with Gasteiger partial charge in [-0.3, -0.25) is 19.7 Å². The third-order valence-electron chi connectivity index (χ3n) is 2.85. The molecule has 0 saturated carbocycles. The number of amides is 1.